The molecular weight excluding hydrogens is 223 g/mol. The summed E-state index contributed by atoms with van der Waals surface area (Å²) >= 11 is 0. The highest BCUT2D eigenvalue weighted by Crippen LogP contribution is 2.22. The molecule has 86 valence electrons. The summed E-state index contributed by atoms with van der Waals surface area (Å²) in [6, 6.07) is 8.84. The Balaban J connectivity index is 2.48. The lowest BCUT2D eigenvalue weighted by Gasteiger charge is -2.02. The van der Waals surface area contributed by atoms with Crippen LogP contribution in [0, 0.1) is 22.9 Å². The monoisotopic (exact) mass is 232 g/mol. The predicted octanol–water partition coefficient (Wildman–Crippen LogP) is 3.10. The lowest BCUT2D eigenvalue weighted by Crippen LogP contribution is -1.95. The van der Waals surface area contributed by atoms with Gasteiger partial charge < -0.3 is 0 Å². The quantitative estimate of drug-likeness (QED) is 0.590. The predicted molar refractivity (Wildman–Crippen MR) is 61.0 cm³/mol. The molecule has 0 amide bonds. The van der Waals surface area contributed by atoms with Gasteiger partial charge in [0.2, 0.25) is 0 Å². The summed E-state index contributed by atoms with van der Waals surface area (Å²) in [6.45, 7) is 1.56. The first kappa shape index (κ1) is 11.2. The number of rotatable bonds is 2. The van der Waals surface area contributed by atoms with Crippen LogP contribution in [-0.2, 0) is 0 Å². The van der Waals surface area contributed by atoms with Gasteiger partial charge in [-0.05, 0) is 25.1 Å². The Morgan fingerprint density at radius 2 is 2.06 bits per heavy atom. The van der Waals surface area contributed by atoms with Gasteiger partial charge in [0.1, 0.15) is 11.5 Å². The number of nitrogens with zero attached hydrogens (tertiary/aromatic N) is 2. The van der Waals surface area contributed by atoms with E-state index in [2.05, 4.69) is 4.98 Å². The normalized spacial score (nSPS) is 10.2. The van der Waals surface area contributed by atoms with Gasteiger partial charge in [-0.25, -0.2) is 9.37 Å². The highest BCUT2D eigenvalue weighted by atomic mass is 19.1. The van der Waals surface area contributed by atoms with Crippen LogP contribution in [0.5, 0.6) is 0 Å². The number of hydrogen-bond donors (Lipinski definition) is 0. The zero-order valence-electron chi connectivity index (χ0n) is 9.05. The summed E-state index contributed by atoms with van der Waals surface area (Å²) in [7, 11) is 0. The number of hydrogen-bond acceptors (Lipinski definition) is 3. The Hall–Kier alpha value is -2.30. The second-order valence-corrected chi connectivity index (χ2v) is 3.57. The lowest BCUT2D eigenvalue weighted by atomic mass is 10.1. The molecule has 0 spiro atoms. The van der Waals surface area contributed by atoms with Gasteiger partial charge in [0.05, 0.1) is 10.6 Å². The van der Waals surface area contributed by atoms with Crippen molar-refractivity contribution in [1.82, 2.24) is 4.98 Å². The molecule has 5 heteroatoms. The maximum Gasteiger partial charge on any atom is 0.290 e. The zero-order chi connectivity index (χ0) is 12.4. The highest BCUT2D eigenvalue weighted by molar-refractivity contribution is 5.60. The first-order valence-corrected chi connectivity index (χ1v) is 4.96. The van der Waals surface area contributed by atoms with E-state index in [1.165, 1.54) is 24.3 Å². The van der Waals surface area contributed by atoms with E-state index in [-0.39, 0.29) is 11.5 Å². The molecule has 0 N–H and O–H groups in total. The molecule has 4 nitrogen and oxygen atoms in total. The van der Waals surface area contributed by atoms with Crippen molar-refractivity contribution in [2.75, 3.05) is 0 Å². The Labute approximate surface area is 96.9 Å². The summed E-state index contributed by atoms with van der Waals surface area (Å²) in [4.78, 5) is 14.2. The van der Waals surface area contributed by atoms with Crippen LogP contribution < -0.4 is 0 Å². The maximum absolute atomic E-state index is 13.0. The van der Waals surface area contributed by atoms with Crippen LogP contribution in [0.3, 0.4) is 0 Å². The third-order valence-corrected chi connectivity index (χ3v) is 2.37. The summed E-state index contributed by atoms with van der Waals surface area (Å²) in [5.74, 6) is -0.361. The van der Waals surface area contributed by atoms with Crippen molar-refractivity contribution >= 4 is 5.69 Å². The molecule has 0 aliphatic carbocycles. The standard InChI is InChI=1S/C12H9FN2O2/c1-8-12(15(16)17)6-5-11(14-8)9-3-2-4-10(13)7-9/h2-7H,1H3. The van der Waals surface area contributed by atoms with Gasteiger partial charge in [-0.3, -0.25) is 10.1 Å². The van der Waals surface area contributed by atoms with Gasteiger partial charge in [0.25, 0.3) is 5.69 Å². The molecule has 2 aromatic rings. The Morgan fingerprint density at radius 3 is 2.65 bits per heavy atom. The number of aryl methyl sites for hydroxylation is 1. The molecule has 0 fully saturated rings. The minimum absolute atomic E-state index is 0.0369. The van der Waals surface area contributed by atoms with Crippen LogP contribution in [0.1, 0.15) is 5.69 Å². The van der Waals surface area contributed by atoms with Crippen molar-refractivity contribution in [3.8, 4) is 11.3 Å². The van der Waals surface area contributed by atoms with E-state index in [9.17, 15) is 14.5 Å². The molecule has 0 aliphatic rings. The number of halogens is 1. The van der Waals surface area contributed by atoms with Crippen molar-refractivity contribution in [3.63, 3.8) is 0 Å². The fourth-order valence-electron chi connectivity index (χ4n) is 1.56. The van der Waals surface area contributed by atoms with E-state index in [4.69, 9.17) is 0 Å². The summed E-state index contributed by atoms with van der Waals surface area (Å²) in [5.41, 5.74) is 1.40. The van der Waals surface area contributed by atoms with Crippen molar-refractivity contribution in [1.29, 1.82) is 0 Å². The maximum atomic E-state index is 13.0. The van der Waals surface area contributed by atoms with Gasteiger partial charge in [0, 0.05) is 11.6 Å². The number of aromatic nitrogens is 1. The average Bonchev–Trinajstić information content (AvgIpc) is 2.28. The van der Waals surface area contributed by atoms with Gasteiger partial charge in [0.15, 0.2) is 0 Å². The molecule has 0 saturated heterocycles. The fraction of sp³-hybridized carbons (Fsp3) is 0.0833. The average molecular weight is 232 g/mol. The second kappa shape index (κ2) is 4.29. The summed E-state index contributed by atoms with van der Waals surface area (Å²) in [5, 5.41) is 10.6. The second-order valence-electron chi connectivity index (χ2n) is 3.57. The van der Waals surface area contributed by atoms with Crippen LogP contribution >= 0.6 is 0 Å². The smallest absolute Gasteiger partial charge is 0.258 e. The van der Waals surface area contributed by atoms with E-state index in [1.807, 2.05) is 0 Å². The van der Waals surface area contributed by atoms with Crippen LogP contribution in [0.25, 0.3) is 11.3 Å². The lowest BCUT2D eigenvalue weighted by molar-refractivity contribution is -0.385. The van der Waals surface area contributed by atoms with E-state index in [0.29, 0.717) is 17.0 Å². The molecule has 0 bridgehead atoms. The minimum atomic E-state index is -0.488. The van der Waals surface area contributed by atoms with Gasteiger partial charge >= 0.3 is 0 Å². The SMILES string of the molecule is Cc1nc(-c2cccc(F)c2)ccc1[N+](=O)[O-]. The molecule has 0 aliphatic heterocycles. The molecule has 1 aromatic heterocycles. The van der Waals surface area contributed by atoms with Crippen LogP contribution in [0.15, 0.2) is 36.4 Å². The van der Waals surface area contributed by atoms with Gasteiger partial charge in [-0.1, -0.05) is 12.1 Å². The number of pyridine rings is 1. The third kappa shape index (κ3) is 2.28. The molecule has 0 saturated carbocycles. The largest absolute Gasteiger partial charge is 0.290 e. The van der Waals surface area contributed by atoms with Crippen LogP contribution in [0.4, 0.5) is 10.1 Å². The van der Waals surface area contributed by atoms with Crippen LogP contribution in [0.2, 0.25) is 0 Å². The first-order valence-electron chi connectivity index (χ1n) is 4.96. The molecule has 17 heavy (non-hydrogen) atoms. The van der Waals surface area contributed by atoms with E-state index in [0.717, 1.165) is 0 Å². The number of nitro groups is 1. The topological polar surface area (TPSA) is 56.0 Å². The Morgan fingerprint density at radius 1 is 1.29 bits per heavy atom. The van der Waals surface area contributed by atoms with Crippen molar-refractivity contribution < 1.29 is 9.31 Å². The van der Waals surface area contributed by atoms with E-state index < -0.39 is 4.92 Å². The Bertz CT molecular complexity index is 584. The molecular formula is C12H9FN2O2. The fourth-order valence-corrected chi connectivity index (χ4v) is 1.56. The molecule has 0 radical (unpaired) electrons. The molecule has 0 atom stereocenters. The molecule has 0 unspecified atom stereocenters. The van der Waals surface area contributed by atoms with Gasteiger partial charge in [-0.2, -0.15) is 0 Å². The van der Waals surface area contributed by atoms with Crippen molar-refractivity contribution in [3.05, 3.63) is 58.0 Å². The van der Waals surface area contributed by atoms with Crippen molar-refractivity contribution in [2.45, 2.75) is 6.92 Å². The zero-order valence-corrected chi connectivity index (χ0v) is 9.05. The van der Waals surface area contributed by atoms with E-state index >= 15 is 0 Å². The highest BCUT2D eigenvalue weighted by Gasteiger charge is 2.12. The molecule has 1 heterocycles. The Kier molecular flexibility index (Phi) is 2.82. The molecule has 1 aromatic carbocycles. The molecule has 2 rings (SSSR count). The van der Waals surface area contributed by atoms with E-state index in [1.54, 1.807) is 19.1 Å². The summed E-state index contributed by atoms with van der Waals surface area (Å²) < 4.78 is 13.0. The summed E-state index contributed by atoms with van der Waals surface area (Å²) in [6.07, 6.45) is 0. The number of benzene rings is 1. The van der Waals surface area contributed by atoms with Crippen molar-refractivity contribution in [2.24, 2.45) is 0 Å². The van der Waals surface area contributed by atoms with Gasteiger partial charge in [-0.15, -0.1) is 0 Å². The first-order chi connectivity index (χ1) is 8.08. The van der Waals surface area contributed by atoms with Crippen LogP contribution in [-0.4, -0.2) is 9.91 Å². The third-order valence-electron chi connectivity index (χ3n) is 2.37. The minimum Gasteiger partial charge on any atom is -0.258 e.